The minimum atomic E-state index is 0.122. The van der Waals surface area contributed by atoms with E-state index in [1.54, 1.807) is 0 Å². The molecule has 0 unspecified atom stereocenters. The third kappa shape index (κ3) is 3.13. The highest BCUT2D eigenvalue weighted by Crippen LogP contribution is 2.19. The maximum Gasteiger partial charge on any atom is 0.255 e. The molecule has 0 bridgehead atoms. The first-order valence-electron chi connectivity index (χ1n) is 7.73. The van der Waals surface area contributed by atoms with Crippen molar-refractivity contribution < 1.29 is 0 Å². The largest absolute Gasteiger partial charge is 0.326 e. The van der Waals surface area contributed by atoms with E-state index in [9.17, 15) is 4.79 Å². The summed E-state index contributed by atoms with van der Waals surface area (Å²) in [6.45, 7) is 10.8. The molecule has 0 radical (unpaired) electrons. The highest BCUT2D eigenvalue weighted by atomic mass is 16.1. The predicted octanol–water partition coefficient (Wildman–Crippen LogP) is 1.73. The molecule has 0 saturated heterocycles. The molecule has 1 aliphatic rings. The SMILES string of the molecule is CCN1CCc2c(cc(CN)c(=O)n2CCC(C)C)C1. The molecule has 112 valence electrons. The molecule has 2 rings (SSSR count). The molecule has 0 saturated carbocycles. The molecule has 2 heterocycles. The molecule has 1 aromatic heterocycles. The van der Waals surface area contributed by atoms with Crippen molar-refractivity contribution in [2.24, 2.45) is 11.7 Å². The standard InChI is InChI=1S/C16H27N3O/c1-4-18-7-6-15-14(11-18)9-13(10-17)16(20)19(15)8-5-12(2)3/h9,12H,4-8,10-11,17H2,1-3H3. The minimum absolute atomic E-state index is 0.122. The van der Waals surface area contributed by atoms with Crippen LogP contribution in [0.1, 0.15) is 44.0 Å². The van der Waals surface area contributed by atoms with Crippen LogP contribution in [0, 0.1) is 5.92 Å². The third-order valence-corrected chi connectivity index (χ3v) is 4.22. The van der Waals surface area contributed by atoms with Gasteiger partial charge in [0.1, 0.15) is 0 Å². The Morgan fingerprint density at radius 2 is 2.15 bits per heavy atom. The summed E-state index contributed by atoms with van der Waals surface area (Å²) in [5, 5.41) is 0. The van der Waals surface area contributed by atoms with Crippen molar-refractivity contribution in [1.82, 2.24) is 9.47 Å². The Labute approximate surface area is 121 Å². The van der Waals surface area contributed by atoms with Gasteiger partial charge < -0.3 is 10.3 Å². The highest BCUT2D eigenvalue weighted by molar-refractivity contribution is 5.29. The van der Waals surface area contributed by atoms with Crippen LogP contribution < -0.4 is 11.3 Å². The molecule has 0 amide bonds. The third-order valence-electron chi connectivity index (χ3n) is 4.22. The van der Waals surface area contributed by atoms with Crippen LogP contribution in [0.25, 0.3) is 0 Å². The van der Waals surface area contributed by atoms with Crippen molar-refractivity contribution in [2.75, 3.05) is 13.1 Å². The van der Waals surface area contributed by atoms with Crippen LogP contribution >= 0.6 is 0 Å². The zero-order valence-electron chi connectivity index (χ0n) is 13.0. The van der Waals surface area contributed by atoms with Gasteiger partial charge in [-0.1, -0.05) is 20.8 Å². The maximum absolute atomic E-state index is 12.5. The molecule has 2 N–H and O–H groups in total. The van der Waals surface area contributed by atoms with Crippen molar-refractivity contribution in [3.8, 4) is 0 Å². The van der Waals surface area contributed by atoms with E-state index >= 15 is 0 Å². The van der Waals surface area contributed by atoms with Gasteiger partial charge in [-0.25, -0.2) is 0 Å². The molecule has 0 aliphatic carbocycles. The summed E-state index contributed by atoms with van der Waals surface area (Å²) in [5.74, 6) is 0.606. The van der Waals surface area contributed by atoms with Crippen LogP contribution in [0.3, 0.4) is 0 Å². The fourth-order valence-corrected chi connectivity index (χ4v) is 2.88. The number of nitrogens with zero attached hydrogens (tertiary/aromatic N) is 2. The normalized spacial score (nSPS) is 15.7. The van der Waals surface area contributed by atoms with E-state index in [-0.39, 0.29) is 5.56 Å². The number of pyridine rings is 1. The smallest absolute Gasteiger partial charge is 0.255 e. The molecule has 0 aromatic carbocycles. The van der Waals surface area contributed by atoms with Gasteiger partial charge in [0.25, 0.3) is 5.56 Å². The fraction of sp³-hybridized carbons (Fsp3) is 0.688. The molecule has 0 fully saturated rings. The number of rotatable bonds is 5. The van der Waals surface area contributed by atoms with Gasteiger partial charge in [0.2, 0.25) is 0 Å². The van der Waals surface area contributed by atoms with Crippen molar-refractivity contribution in [2.45, 2.75) is 53.2 Å². The van der Waals surface area contributed by atoms with E-state index in [1.807, 2.05) is 10.6 Å². The van der Waals surface area contributed by atoms with Crippen molar-refractivity contribution in [1.29, 1.82) is 0 Å². The van der Waals surface area contributed by atoms with Gasteiger partial charge in [0.15, 0.2) is 0 Å². The van der Waals surface area contributed by atoms with Crippen molar-refractivity contribution >= 4 is 0 Å². The Hall–Kier alpha value is -1.13. The molecule has 20 heavy (non-hydrogen) atoms. The molecular weight excluding hydrogens is 250 g/mol. The average Bonchev–Trinajstić information content (AvgIpc) is 2.44. The number of aromatic nitrogens is 1. The molecule has 4 heteroatoms. The van der Waals surface area contributed by atoms with Gasteiger partial charge in [-0.15, -0.1) is 0 Å². The van der Waals surface area contributed by atoms with E-state index in [2.05, 4.69) is 25.7 Å². The quantitative estimate of drug-likeness (QED) is 0.892. The topological polar surface area (TPSA) is 51.3 Å². The second-order valence-electron chi connectivity index (χ2n) is 6.10. The summed E-state index contributed by atoms with van der Waals surface area (Å²) in [4.78, 5) is 14.9. The number of hydrogen-bond donors (Lipinski definition) is 1. The number of likely N-dealkylation sites (N-methyl/N-ethyl adjacent to an activating group) is 1. The first-order valence-corrected chi connectivity index (χ1v) is 7.73. The minimum Gasteiger partial charge on any atom is -0.326 e. The van der Waals surface area contributed by atoms with E-state index in [1.165, 1.54) is 11.3 Å². The summed E-state index contributed by atoms with van der Waals surface area (Å²) in [7, 11) is 0. The van der Waals surface area contributed by atoms with Crippen molar-refractivity contribution in [3.63, 3.8) is 0 Å². The molecule has 0 spiro atoms. The van der Waals surface area contributed by atoms with E-state index in [4.69, 9.17) is 5.73 Å². The lowest BCUT2D eigenvalue weighted by Gasteiger charge is -2.30. The molecule has 4 nitrogen and oxygen atoms in total. The van der Waals surface area contributed by atoms with Crippen LogP contribution in [0.2, 0.25) is 0 Å². The molecular formula is C16H27N3O. The Bertz CT molecular complexity index is 519. The molecule has 1 aliphatic heterocycles. The summed E-state index contributed by atoms with van der Waals surface area (Å²) < 4.78 is 1.99. The van der Waals surface area contributed by atoms with Crippen LogP contribution in [0.5, 0.6) is 0 Å². The molecule has 1 aromatic rings. The average molecular weight is 277 g/mol. The Balaban J connectivity index is 2.41. The lowest BCUT2D eigenvalue weighted by molar-refractivity contribution is 0.260. The number of hydrogen-bond acceptors (Lipinski definition) is 3. The Morgan fingerprint density at radius 1 is 1.40 bits per heavy atom. The second kappa shape index (κ2) is 6.55. The van der Waals surface area contributed by atoms with Gasteiger partial charge in [0.05, 0.1) is 0 Å². The van der Waals surface area contributed by atoms with Gasteiger partial charge in [-0.05, 0) is 30.5 Å². The van der Waals surface area contributed by atoms with E-state index < -0.39 is 0 Å². The van der Waals surface area contributed by atoms with Gasteiger partial charge >= 0.3 is 0 Å². The van der Waals surface area contributed by atoms with Crippen LogP contribution in [0.15, 0.2) is 10.9 Å². The van der Waals surface area contributed by atoms with E-state index in [0.29, 0.717) is 12.5 Å². The van der Waals surface area contributed by atoms with Crippen LogP contribution in [-0.4, -0.2) is 22.6 Å². The summed E-state index contributed by atoms with van der Waals surface area (Å²) in [6.07, 6.45) is 2.01. The van der Waals surface area contributed by atoms with Crippen LogP contribution in [0.4, 0.5) is 0 Å². The van der Waals surface area contributed by atoms with Crippen LogP contribution in [-0.2, 0) is 26.1 Å². The first-order chi connectivity index (χ1) is 9.56. The number of fused-ring (bicyclic) bond motifs is 1. The fourth-order valence-electron chi connectivity index (χ4n) is 2.88. The zero-order valence-corrected chi connectivity index (χ0v) is 13.0. The van der Waals surface area contributed by atoms with Crippen molar-refractivity contribution in [3.05, 3.63) is 33.2 Å². The zero-order chi connectivity index (χ0) is 14.7. The lowest BCUT2D eigenvalue weighted by atomic mass is 10.0. The van der Waals surface area contributed by atoms with Gasteiger partial charge in [-0.3, -0.25) is 9.69 Å². The maximum atomic E-state index is 12.5. The predicted molar refractivity (Wildman–Crippen MR) is 82.7 cm³/mol. The van der Waals surface area contributed by atoms with Gasteiger partial charge in [-0.2, -0.15) is 0 Å². The summed E-state index contributed by atoms with van der Waals surface area (Å²) in [5.41, 5.74) is 9.15. The number of nitrogens with two attached hydrogens (primary N) is 1. The summed E-state index contributed by atoms with van der Waals surface area (Å²) in [6, 6.07) is 2.03. The first kappa shape index (κ1) is 15.3. The highest BCUT2D eigenvalue weighted by Gasteiger charge is 2.20. The Kier molecular flexibility index (Phi) is 5.00. The monoisotopic (exact) mass is 277 g/mol. The second-order valence-corrected chi connectivity index (χ2v) is 6.10. The Morgan fingerprint density at radius 3 is 2.75 bits per heavy atom. The molecule has 0 atom stereocenters. The summed E-state index contributed by atoms with van der Waals surface area (Å²) >= 11 is 0. The lowest BCUT2D eigenvalue weighted by Crippen LogP contribution is -2.37. The van der Waals surface area contributed by atoms with Gasteiger partial charge in [0, 0.05) is 43.9 Å². The van der Waals surface area contributed by atoms with E-state index in [0.717, 1.165) is 44.6 Å².